The van der Waals surface area contributed by atoms with Gasteiger partial charge < -0.3 is 14.7 Å². The Balaban J connectivity index is 1.91. The highest BCUT2D eigenvalue weighted by Crippen LogP contribution is 2.43. The highest BCUT2D eigenvalue weighted by atomic mass is 79.9. The van der Waals surface area contributed by atoms with Gasteiger partial charge in [0.15, 0.2) is 0 Å². The average Bonchev–Trinajstić information content (AvgIpc) is 3.09. The number of benzene rings is 3. The highest BCUT2D eigenvalue weighted by Gasteiger charge is 2.47. The molecule has 4 rings (SSSR count). The molecule has 1 fully saturated rings. The lowest BCUT2D eigenvalue weighted by Gasteiger charge is -2.26. The van der Waals surface area contributed by atoms with E-state index in [0.29, 0.717) is 21.5 Å². The van der Waals surface area contributed by atoms with Crippen LogP contribution in [0.15, 0.2) is 76.8 Å². The lowest BCUT2D eigenvalue weighted by Crippen LogP contribution is -2.29. The first kappa shape index (κ1) is 23.6. The molecule has 1 unspecified atom stereocenters. The monoisotopic (exact) mass is 520 g/mol. The van der Waals surface area contributed by atoms with E-state index in [2.05, 4.69) is 15.9 Å². The van der Waals surface area contributed by atoms with Crippen molar-refractivity contribution in [1.82, 2.24) is 0 Å². The van der Waals surface area contributed by atoms with Gasteiger partial charge in [-0.2, -0.15) is 0 Å². The quantitative estimate of drug-likeness (QED) is 0.275. The maximum atomic E-state index is 13.3. The smallest absolute Gasteiger partial charge is 0.300 e. The second-order valence-corrected chi connectivity index (χ2v) is 9.20. The number of amides is 1. The summed E-state index contributed by atoms with van der Waals surface area (Å²) in [6.07, 6.45) is 0. The Morgan fingerprint density at radius 1 is 1.03 bits per heavy atom. The van der Waals surface area contributed by atoms with Gasteiger partial charge >= 0.3 is 0 Å². The van der Waals surface area contributed by atoms with Crippen LogP contribution in [0.3, 0.4) is 0 Å². The summed E-state index contributed by atoms with van der Waals surface area (Å²) in [5.41, 5.74) is 3.73. The summed E-state index contributed by atoms with van der Waals surface area (Å²) in [4.78, 5) is 30.0. The molecule has 0 aliphatic carbocycles. The zero-order valence-electron chi connectivity index (χ0n) is 19.4. The minimum Gasteiger partial charge on any atom is -0.507 e. The van der Waals surface area contributed by atoms with Crippen LogP contribution in [0.25, 0.3) is 5.76 Å². The first-order chi connectivity index (χ1) is 16.2. The fraction of sp³-hybridized carbons (Fsp3) is 0.185. The lowest BCUT2D eigenvalue weighted by molar-refractivity contribution is -0.132. The minimum atomic E-state index is -0.772. The van der Waals surface area contributed by atoms with Gasteiger partial charge in [0.25, 0.3) is 11.7 Å². The molecule has 0 aromatic heterocycles. The Morgan fingerprint density at radius 3 is 2.32 bits per heavy atom. The van der Waals surface area contributed by atoms with Crippen LogP contribution in [0, 0.1) is 6.92 Å². The highest BCUT2D eigenvalue weighted by molar-refractivity contribution is 9.10. The van der Waals surface area contributed by atoms with Gasteiger partial charge in [-0.05, 0) is 70.9 Å². The summed E-state index contributed by atoms with van der Waals surface area (Å²) in [7, 11) is 5.41. The van der Waals surface area contributed by atoms with Gasteiger partial charge in [0.05, 0.1) is 23.2 Å². The summed E-state index contributed by atoms with van der Waals surface area (Å²) in [5.74, 6) is -1.06. The molecule has 0 bridgehead atoms. The van der Waals surface area contributed by atoms with Crippen LogP contribution in [-0.2, 0) is 9.59 Å². The summed E-state index contributed by atoms with van der Waals surface area (Å²) in [6, 6.07) is 19.3. The number of nitrogens with zero attached hydrogens (tertiary/aromatic N) is 2. The van der Waals surface area contributed by atoms with E-state index in [-0.39, 0.29) is 11.3 Å². The van der Waals surface area contributed by atoms with Crippen molar-refractivity contribution in [2.75, 3.05) is 31.0 Å². The molecule has 1 aliphatic rings. The summed E-state index contributed by atoms with van der Waals surface area (Å²) in [6.45, 7) is 1.95. The van der Waals surface area contributed by atoms with E-state index >= 15 is 0 Å². The third-order valence-electron chi connectivity index (χ3n) is 5.87. The lowest BCUT2D eigenvalue weighted by atomic mass is 9.94. The molecule has 6 nitrogen and oxygen atoms in total. The fourth-order valence-electron chi connectivity index (χ4n) is 4.13. The van der Waals surface area contributed by atoms with Crippen molar-refractivity contribution < 1.29 is 19.4 Å². The van der Waals surface area contributed by atoms with Crippen molar-refractivity contribution >= 4 is 44.8 Å². The number of halogens is 1. The van der Waals surface area contributed by atoms with Crippen LogP contribution >= 0.6 is 15.9 Å². The van der Waals surface area contributed by atoms with Gasteiger partial charge in [-0.1, -0.05) is 29.8 Å². The Labute approximate surface area is 207 Å². The molecule has 34 heavy (non-hydrogen) atoms. The third-order valence-corrected chi connectivity index (χ3v) is 6.49. The van der Waals surface area contributed by atoms with Crippen molar-refractivity contribution in [2.45, 2.75) is 13.0 Å². The first-order valence-corrected chi connectivity index (χ1v) is 11.5. The molecule has 1 heterocycles. The molecular formula is C27H25BrN2O4. The number of ketones is 1. The van der Waals surface area contributed by atoms with Crippen LogP contribution in [0.1, 0.15) is 22.7 Å². The molecule has 1 aliphatic heterocycles. The third kappa shape index (κ3) is 4.19. The van der Waals surface area contributed by atoms with Gasteiger partial charge in [0.2, 0.25) is 0 Å². The predicted octanol–water partition coefficient (Wildman–Crippen LogP) is 5.46. The zero-order valence-corrected chi connectivity index (χ0v) is 21.0. The number of hydrogen-bond acceptors (Lipinski definition) is 5. The summed E-state index contributed by atoms with van der Waals surface area (Å²) >= 11 is 3.42. The van der Waals surface area contributed by atoms with E-state index in [9.17, 15) is 14.7 Å². The molecule has 3 aromatic rings. The van der Waals surface area contributed by atoms with Gasteiger partial charge in [0, 0.05) is 31.0 Å². The largest absolute Gasteiger partial charge is 0.507 e. The van der Waals surface area contributed by atoms with Gasteiger partial charge in [-0.25, -0.2) is 0 Å². The molecule has 0 spiro atoms. The van der Waals surface area contributed by atoms with Crippen LogP contribution in [0.2, 0.25) is 0 Å². The Bertz CT molecular complexity index is 1300. The number of aliphatic hydroxyl groups excluding tert-OH is 1. The van der Waals surface area contributed by atoms with E-state index in [1.165, 1.54) is 4.90 Å². The molecule has 7 heteroatoms. The molecule has 1 saturated heterocycles. The van der Waals surface area contributed by atoms with E-state index in [0.717, 1.165) is 16.8 Å². The number of carbonyl (C=O) groups excluding carboxylic acids is 2. The van der Waals surface area contributed by atoms with E-state index in [1.54, 1.807) is 25.3 Å². The van der Waals surface area contributed by atoms with E-state index < -0.39 is 17.7 Å². The first-order valence-electron chi connectivity index (χ1n) is 10.7. The topological polar surface area (TPSA) is 70.1 Å². The number of aryl methyl sites for hydroxylation is 1. The number of Topliss-reactive ketones (excluding diaryl/α,β-unsaturated/α-hetero) is 1. The molecule has 0 saturated carbocycles. The van der Waals surface area contributed by atoms with Crippen molar-refractivity contribution in [1.29, 1.82) is 0 Å². The van der Waals surface area contributed by atoms with Crippen molar-refractivity contribution in [3.8, 4) is 5.75 Å². The number of methoxy groups -OCH3 is 1. The van der Waals surface area contributed by atoms with Crippen LogP contribution < -0.4 is 14.5 Å². The number of carbonyl (C=O) groups is 2. The van der Waals surface area contributed by atoms with Gasteiger partial charge in [-0.15, -0.1) is 0 Å². The number of rotatable bonds is 5. The maximum absolute atomic E-state index is 13.3. The van der Waals surface area contributed by atoms with Crippen molar-refractivity contribution in [3.05, 3.63) is 93.5 Å². The Morgan fingerprint density at radius 2 is 1.74 bits per heavy atom. The van der Waals surface area contributed by atoms with Gasteiger partial charge in [0.1, 0.15) is 11.5 Å². The standard InChI is InChI=1S/C27H25BrN2O4/c1-16-6-5-7-17(14-16)24-23(25(31)18-8-13-22(34-4)21(28)15-18)26(32)27(33)30(24)20-11-9-19(10-12-20)29(2)3/h5-15,24,31H,1-4H3/b25-23-. The Hall–Kier alpha value is -3.58. The second kappa shape index (κ2) is 9.35. The number of hydrogen-bond donors (Lipinski definition) is 1. The fourth-order valence-corrected chi connectivity index (χ4v) is 4.68. The van der Waals surface area contributed by atoms with Crippen LogP contribution in [-0.4, -0.2) is 38.0 Å². The minimum absolute atomic E-state index is 0.0457. The van der Waals surface area contributed by atoms with Gasteiger partial charge in [-0.3, -0.25) is 14.5 Å². The molecular weight excluding hydrogens is 496 g/mol. The van der Waals surface area contributed by atoms with Crippen LogP contribution in [0.4, 0.5) is 11.4 Å². The zero-order chi connectivity index (χ0) is 24.6. The van der Waals surface area contributed by atoms with E-state index in [1.807, 2.05) is 74.4 Å². The molecule has 1 N–H and O–H groups in total. The SMILES string of the molecule is COc1ccc(/C(O)=C2/C(=O)C(=O)N(c3ccc(N(C)C)cc3)C2c2cccc(C)c2)cc1Br. The number of anilines is 2. The van der Waals surface area contributed by atoms with Crippen molar-refractivity contribution in [2.24, 2.45) is 0 Å². The average molecular weight is 521 g/mol. The predicted molar refractivity (Wildman–Crippen MR) is 137 cm³/mol. The maximum Gasteiger partial charge on any atom is 0.300 e. The molecule has 1 atom stereocenters. The summed E-state index contributed by atoms with van der Waals surface area (Å²) < 4.78 is 5.90. The molecule has 0 radical (unpaired) electrons. The van der Waals surface area contributed by atoms with Crippen LogP contribution in [0.5, 0.6) is 5.75 Å². The normalized spacial score (nSPS) is 17.2. The number of aliphatic hydroxyl groups is 1. The van der Waals surface area contributed by atoms with Crippen molar-refractivity contribution in [3.63, 3.8) is 0 Å². The molecule has 1 amide bonds. The number of ether oxygens (including phenoxy) is 1. The second-order valence-electron chi connectivity index (χ2n) is 8.34. The van der Waals surface area contributed by atoms with E-state index in [4.69, 9.17) is 4.74 Å². The molecule has 3 aromatic carbocycles. The summed E-state index contributed by atoms with van der Waals surface area (Å²) in [5, 5.41) is 11.3. The Kier molecular flexibility index (Phi) is 6.48. The molecule has 174 valence electrons.